The highest BCUT2D eigenvalue weighted by Gasteiger charge is 2.20. The number of aromatic amines is 1. The molecule has 0 atom stereocenters. The Balaban J connectivity index is 1.91. The molecule has 2 N–H and O–H groups in total. The normalized spacial score (nSPS) is 14.0. The smallest absolute Gasteiger partial charge is 0.260 e. The van der Waals surface area contributed by atoms with Gasteiger partial charge in [0.15, 0.2) is 11.5 Å². The van der Waals surface area contributed by atoms with Gasteiger partial charge in [-0.15, -0.1) is 23.1 Å². The van der Waals surface area contributed by atoms with Crippen molar-refractivity contribution in [3.63, 3.8) is 0 Å². The molecular weight excluding hydrogens is 332 g/mol. The highest BCUT2D eigenvalue weighted by atomic mass is 32.2. The molecule has 0 radical (unpaired) electrons. The van der Waals surface area contributed by atoms with Crippen LogP contribution in [0.4, 0.5) is 0 Å². The van der Waals surface area contributed by atoms with Crippen LogP contribution in [0.15, 0.2) is 27.2 Å². The van der Waals surface area contributed by atoms with Gasteiger partial charge in [0, 0.05) is 5.56 Å². The molecule has 118 valence electrons. The summed E-state index contributed by atoms with van der Waals surface area (Å²) in [7, 11) is 1.49. The van der Waals surface area contributed by atoms with Crippen molar-refractivity contribution in [3.8, 4) is 22.9 Å². The second kappa shape index (κ2) is 5.58. The summed E-state index contributed by atoms with van der Waals surface area (Å²) >= 11 is 3.39. The predicted octanol–water partition coefficient (Wildman–Crippen LogP) is 3.40. The van der Waals surface area contributed by atoms with E-state index in [0.29, 0.717) is 17.1 Å². The monoisotopic (exact) mass is 346 g/mol. The molecule has 4 rings (SSSR count). The number of nitrogens with zero attached hydrogens (tertiary/aromatic N) is 1. The average molecular weight is 346 g/mol. The maximum atomic E-state index is 12.5. The van der Waals surface area contributed by atoms with E-state index in [1.165, 1.54) is 17.4 Å². The van der Waals surface area contributed by atoms with Gasteiger partial charge in [-0.1, -0.05) is 0 Å². The Hall–Kier alpha value is -1.99. The lowest BCUT2D eigenvalue weighted by Gasteiger charge is -2.09. The molecule has 0 saturated heterocycles. The van der Waals surface area contributed by atoms with Gasteiger partial charge in [-0.05, 0) is 42.4 Å². The van der Waals surface area contributed by atoms with Crippen LogP contribution in [0.1, 0.15) is 12.0 Å². The first-order valence-electron chi connectivity index (χ1n) is 7.23. The van der Waals surface area contributed by atoms with Gasteiger partial charge in [0.1, 0.15) is 10.7 Å². The number of thioether (sulfide) groups is 1. The number of phenolic OH excluding ortho intramolecular Hbond substituents is 1. The fraction of sp³-hybridized carbons (Fsp3) is 0.250. The van der Waals surface area contributed by atoms with Crippen molar-refractivity contribution in [2.24, 2.45) is 0 Å². The van der Waals surface area contributed by atoms with E-state index in [0.717, 1.165) is 34.4 Å². The van der Waals surface area contributed by atoms with Crippen molar-refractivity contribution in [1.82, 2.24) is 9.97 Å². The summed E-state index contributed by atoms with van der Waals surface area (Å²) in [5, 5.41) is 10.4. The SMILES string of the molecule is COc1cc(-c2nc3sc4c(c3c(=O)[nH]2)CCCS4)ccc1O. The minimum atomic E-state index is -0.1000. The first-order chi connectivity index (χ1) is 11.2. The molecule has 0 aliphatic carbocycles. The fourth-order valence-electron chi connectivity index (χ4n) is 2.76. The molecule has 0 saturated carbocycles. The predicted molar refractivity (Wildman–Crippen MR) is 92.9 cm³/mol. The Bertz CT molecular complexity index is 962. The lowest BCUT2D eigenvalue weighted by atomic mass is 10.1. The lowest BCUT2D eigenvalue weighted by Crippen LogP contribution is -2.10. The van der Waals surface area contributed by atoms with Crippen molar-refractivity contribution in [2.45, 2.75) is 17.1 Å². The first-order valence-corrected chi connectivity index (χ1v) is 9.03. The van der Waals surface area contributed by atoms with Gasteiger partial charge in [0.05, 0.1) is 16.7 Å². The standard InChI is InChI=1S/C16H14N2O3S2/c1-21-11-7-8(4-5-10(11)19)13-17-14(20)12-9-3-2-6-22-16(9)23-15(12)18-13/h4-5,7,19H,2-3,6H2,1H3,(H,17,18,20). The quantitative estimate of drug-likeness (QED) is 0.744. The average Bonchev–Trinajstić information content (AvgIpc) is 2.94. The Morgan fingerprint density at radius 3 is 3.09 bits per heavy atom. The highest BCUT2D eigenvalue weighted by molar-refractivity contribution is 8.01. The van der Waals surface area contributed by atoms with Crippen molar-refractivity contribution in [3.05, 3.63) is 34.1 Å². The minimum absolute atomic E-state index is 0.0580. The second-order valence-electron chi connectivity index (χ2n) is 5.30. The van der Waals surface area contributed by atoms with Gasteiger partial charge < -0.3 is 14.8 Å². The molecule has 1 aliphatic heterocycles. The van der Waals surface area contributed by atoms with E-state index in [-0.39, 0.29) is 11.3 Å². The maximum Gasteiger partial charge on any atom is 0.260 e. The molecule has 2 aromatic heterocycles. The Morgan fingerprint density at radius 1 is 1.39 bits per heavy atom. The molecule has 5 nitrogen and oxygen atoms in total. The van der Waals surface area contributed by atoms with Crippen LogP contribution in [0.5, 0.6) is 11.5 Å². The van der Waals surface area contributed by atoms with E-state index >= 15 is 0 Å². The summed E-state index contributed by atoms with van der Waals surface area (Å²) in [5.41, 5.74) is 1.75. The number of nitrogens with one attached hydrogen (secondary N) is 1. The summed E-state index contributed by atoms with van der Waals surface area (Å²) in [4.78, 5) is 20.8. The third kappa shape index (κ3) is 2.40. The Labute approximate surface area is 140 Å². The van der Waals surface area contributed by atoms with E-state index in [2.05, 4.69) is 9.97 Å². The topological polar surface area (TPSA) is 75.2 Å². The van der Waals surface area contributed by atoms with Crippen molar-refractivity contribution < 1.29 is 9.84 Å². The van der Waals surface area contributed by atoms with E-state index in [1.807, 2.05) is 0 Å². The van der Waals surface area contributed by atoms with Gasteiger partial charge >= 0.3 is 0 Å². The number of hydrogen-bond donors (Lipinski definition) is 2. The molecule has 1 aromatic carbocycles. The highest BCUT2D eigenvalue weighted by Crippen LogP contribution is 2.40. The van der Waals surface area contributed by atoms with E-state index in [4.69, 9.17) is 4.74 Å². The number of aryl methyl sites for hydroxylation is 1. The van der Waals surface area contributed by atoms with Crippen LogP contribution in [0.25, 0.3) is 21.6 Å². The van der Waals surface area contributed by atoms with Gasteiger partial charge in [0.2, 0.25) is 0 Å². The van der Waals surface area contributed by atoms with Crippen LogP contribution >= 0.6 is 23.1 Å². The van der Waals surface area contributed by atoms with Crippen LogP contribution in [0.3, 0.4) is 0 Å². The molecule has 1 aliphatic rings. The van der Waals surface area contributed by atoms with E-state index in [1.54, 1.807) is 35.2 Å². The molecule has 0 bridgehead atoms. The number of rotatable bonds is 2. The molecule has 0 fully saturated rings. The number of aromatic nitrogens is 2. The van der Waals surface area contributed by atoms with Crippen LogP contribution < -0.4 is 10.3 Å². The molecule has 3 aromatic rings. The third-order valence-corrected chi connectivity index (χ3v) is 6.41. The van der Waals surface area contributed by atoms with Gasteiger partial charge in [-0.25, -0.2) is 4.98 Å². The fourth-order valence-corrected chi connectivity index (χ4v) is 5.30. The number of H-pyrrole nitrogens is 1. The lowest BCUT2D eigenvalue weighted by molar-refractivity contribution is 0.373. The molecule has 7 heteroatoms. The van der Waals surface area contributed by atoms with E-state index < -0.39 is 0 Å². The van der Waals surface area contributed by atoms with Crippen molar-refractivity contribution in [1.29, 1.82) is 0 Å². The number of hydrogen-bond acceptors (Lipinski definition) is 6. The molecule has 0 spiro atoms. The maximum absolute atomic E-state index is 12.5. The Kier molecular flexibility index (Phi) is 3.54. The van der Waals surface area contributed by atoms with Gasteiger partial charge in [-0.3, -0.25) is 4.79 Å². The number of aromatic hydroxyl groups is 1. The number of methoxy groups -OCH3 is 1. The van der Waals surface area contributed by atoms with Crippen molar-refractivity contribution in [2.75, 3.05) is 12.9 Å². The number of benzene rings is 1. The zero-order valence-electron chi connectivity index (χ0n) is 12.4. The molecular formula is C16H14N2O3S2. The summed E-state index contributed by atoms with van der Waals surface area (Å²) in [6.07, 6.45) is 2.04. The zero-order valence-corrected chi connectivity index (χ0v) is 14.0. The van der Waals surface area contributed by atoms with Gasteiger partial charge in [0.25, 0.3) is 5.56 Å². The van der Waals surface area contributed by atoms with Crippen molar-refractivity contribution >= 4 is 33.3 Å². The number of fused-ring (bicyclic) bond motifs is 3. The number of thiophene rings is 1. The number of phenols is 1. The van der Waals surface area contributed by atoms with Crippen LogP contribution in [0, 0.1) is 0 Å². The molecule has 3 heterocycles. The third-order valence-electron chi connectivity index (χ3n) is 3.88. The first kappa shape index (κ1) is 14.6. The van der Waals surface area contributed by atoms with Crippen LogP contribution in [-0.2, 0) is 6.42 Å². The summed E-state index contributed by atoms with van der Waals surface area (Å²) in [5.74, 6) is 2.00. The minimum Gasteiger partial charge on any atom is -0.504 e. The second-order valence-corrected chi connectivity index (χ2v) is 7.66. The van der Waals surface area contributed by atoms with E-state index in [9.17, 15) is 9.90 Å². The van der Waals surface area contributed by atoms with Crippen LogP contribution in [-0.4, -0.2) is 27.9 Å². The molecule has 23 heavy (non-hydrogen) atoms. The Morgan fingerprint density at radius 2 is 2.26 bits per heavy atom. The molecule has 0 unspecified atom stereocenters. The summed E-state index contributed by atoms with van der Waals surface area (Å²) in [6.45, 7) is 0. The summed E-state index contributed by atoms with van der Waals surface area (Å²) < 4.78 is 6.33. The van der Waals surface area contributed by atoms with Gasteiger partial charge in [-0.2, -0.15) is 0 Å². The summed E-state index contributed by atoms with van der Waals surface area (Å²) in [6, 6.07) is 4.92. The largest absolute Gasteiger partial charge is 0.504 e. The number of ether oxygens (including phenoxy) is 1. The molecule has 0 amide bonds. The van der Waals surface area contributed by atoms with Crippen LogP contribution in [0.2, 0.25) is 0 Å². The zero-order chi connectivity index (χ0) is 16.0.